The monoisotopic (exact) mass is 166 g/mol. The summed E-state index contributed by atoms with van der Waals surface area (Å²) >= 11 is 0. The van der Waals surface area contributed by atoms with Crippen LogP contribution in [0.2, 0.25) is 0 Å². The summed E-state index contributed by atoms with van der Waals surface area (Å²) in [6.45, 7) is 14.5. The first-order chi connectivity index (χ1) is 5.16. The van der Waals surface area contributed by atoms with Gasteiger partial charge in [0.25, 0.3) is 0 Å². The van der Waals surface area contributed by atoms with E-state index >= 15 is 0 Å². The van der Waals surface area contributed by atoms with Crippen molar-refractivity contribution >= 4 is 0 Å². The van der Waals surface area contributed by atoms with Crippen LogP contribution in [0.1, 0.15) is 54.4 Å². The standard InChI is InChI=1S/C12H22/c1-9(2,3)11-7-12(11,8-11)10(4,5)6/h7-8H2,1-6H3. The lowest BCUT2D eigenvalue weighted by molar-refractivity contribution is 0.254. The van der Waals surface area contributed by atoms with Gasteiger partial charge in [-0.05, 0) is 34.5 Å². The molecule has 0 unspecified atom stereocenters. The highest BCUT2D eigenvalue weighted by Gasteiger charge is 2.88. The minimum Gasteiger partial charge on any atom is -0.0596 e. The molecule has 0 saturated heterocycles. The third-order valence-corrected chi connectivity index (χ3v) is 4.74. The summed E-state index contributed by atoms with van der Waals surface area (Å²) in [5, 5.41) is 0. The molecule has 12 heavy (non-hydrogen) atoms. The van der Waals surface area contributed by atoms with E-state index in [0.29, 0.717) is 10.8 Å². The maximum absolute atomic E-state index is 2.41. The Kier molecular flexibility index (Phi) is 1.17. The molecule has 2 aliphatic rings. The molecule has 0 aromatic heterocycles. The van der Waals surface area contributed by atoms with Crippen LogP contribution in [0.5, 0.6) is 0 Å². The van der Waals surface area contributed by atoms with Crippen molar-refractivity contribution in [1.82, 2.24) is 0 Å². The van der Waals surface area contributed by atoms with Gasteiger partial charge in [-0.25, -0.2) is 0 Å². The topological polar surface area (TPSA) is 0 Å². The minimum absolute atomic E-state index is 0.542. The molecule has 0 radical (unpaired) electrons. The quantitative estimate of drug-likeness (QED) is 0.512. The fourth-order valence-corrected chi connectivity index (χ4v) is 3.39. The lowest BCUT2D eigenvalue weighted by atomic mass is 9.81. The molecule has 0 spiro atoms. The lowest BCUT2D eigenvalue weighted by Crippen LogP contribution is -2.16. The Hall–Kier alpha value is 0. The average molecular weight is 166 g/mol. The molecule has 0 amide bonds. The van der Waals surface area contributed by atoms with Crippen molar-refractivity contribution in [3.05, 3.63) is 0 Å². The SMILES string of the molecule is CC(C)(C)C12CC1(C(C)(C)C)C2. The molecule has 0 aromatic rings. The van der Waals surface area contributed by atoms with Crippen molar-refractivity contribution in [3.8, 4) is 0 Å². The lowest BCUT2D eigenvalue weighted by Gasteiger charge is -2.23. The van der Waals surface area contributed by atoms with Crippen molar-refractivity contribution in [2.24, 2.45) is 21.7 Å². The van der Waals surface area contributed by atoms with Crippen LogP contribution in [0, 0.1) is 21.7 Å². The van der Waals surface area contributed by atoms with Crippen LogP contribution >= 0.6 is 0 Å². The maximum atomic E-state index is 2.41. The van der Waals surface area contributed by atoms with Crippen LogP contribution in [0.3, 0.4) is 0 Å². The highest BCUT2D eigenvalue weighted by Crippen LogP contribution is 2.96. The average Bonchev–Trinajstić information content (AvgIpc) is 2.30. The predicted molar refractivity (Wildman–Crippen MR) is 53.0 cm³/mol. The largest absolute Gasteiger partial charge is 0.0596 e. The van der Waals surface area contributed by atoms with Gasteiger partial charge in [0.2, 0.25) is 0 Å². The predicted octanol–water partition coefficient (Wildman–Crippen LogP) is 3.86. The van der Waals surface area contributed by atoms with Crippen LogP contribution < -0.4 is 0 Å². The number of hydrogen-bond donors (Lipinski definition) is 0. The molecule has 2 rings (SSSR count). The van der Waals surface area contributed by atoms with Crippen LogP contribution in [-0.2, 0) is 0 Å². The second-order valence-corrected chi connectivity index (χ2v) is 7.02. The van der Waals surface area contributed by atoms with Gasteiger partial charge in [-0.2, -0.15) is 0 Å². The third-order valence-electron chi connectivity index (χ3n) is 4.74. The smallest absolute Gasteiger partial charge is 0.0176 e. The summed E-state index contributed by atoms with van der Waals surface area (Å²) < 4.78 is 0. The Bertz CT molecular complexity index is 191. The molecule has 2 fully saturated rings. The van der Waals surface area contributed by atoms with E-state index in [0.717, 1.165) is 10.8 Å². The molecule has 0 aromatic carbocycles. The van der Waals surface area contributed by atoms with Gasteiger partial charge in [-0.15, -0.1) is 0 Å². The van der Waals surface area contributed by atoms with E-state index in [1.807, 2.05) is 0 Å². The fraction of sp³-hybridized carbons (Fsp3) is 1.00. The first-order valence-corrected chi connectivity index (χ1v) is 5.16. The van der Waals surface area contributed by atoms with Crippen molar-refractivity contribution in [1.29, 1.82) is 0 Å². The fourth-order valence-electron chi connectivity index (χ4n) is 3.39. The zero-order chi connectivity index (χ0) is 9.41. The van der Waals surface area contributed by atoms with E-state index in [2.05, 4.69) is 41.5 Å². The Labute approximate surface area is 76.7 Å². The van der Waals surface area contributed by atoms with Gasteiger partial charge in [-0.3, -0.25) is 0 Å². The summed E-state index contributed by atoms with van der Waals surface area (Å²) in [5.74, 6) is 0. The molecule has 0 atom stereocenters. The molecule has 70 valence electrons. The van der Waals surface area contributed by atoms with Crippen molar-refractivity contribution < 1.29 is 0 Å². The summed E-state index contributed by atoms with van der Waals surface area (Å²) in [6.07, 6.45) is 2.99. The van der Waals surface area contributed by atoms with E-state index < -0.39 is 0 Å². The van der Waals surface area contributed by atoms with Crippen molar-refractivity contribution in [2.75, 3.05) is 0 Å². The van der Waals surface area contributed by atoms with Crippen molar-refractivity contribution in [3.63, 3.8) is 0 Å². The maximum Gasteiger partial charge on any atom is -0.0176 e. The first-order valence-electron chi connectivity index (χ1n) is 5.16. The van der Waals surface area contributed by atoms with Crippen LogP contribution in [0.25, 0.3) is 0 Å². The Morgan fingerprint density at radius 1 is 0.667 bits per heavy atom. The molecular weight excluding hydrogens is 144 g/mol. The van der Waals surface area contributed by atoms with E-state index in [1.165, 1.54) is 12.8 Å². The van der Waals surface area contributed by atoms with Gasteiger partial charge < -0.3 is 0 Å². The molecule has 0 heteroatoms. The number of fused-ring (bicyclic) bond motifs is 1. The molecule has 2 aliphatic carbocycles. The minimum atomic E-state index is 0.542. The molecule has 0 N–H and O–H groups in total. The molecular formula is C12H22. The number of rotatable bonds is 0. The van der Waals surface area contributed by atoms with Crippen LogP contribution in [0.4, 0.5) is 0 Å². The van der Waals surface area contributed by atoms with E-state index in [1.54, 1.807) is 0 Å². The molecule has 0 aliphatic heterocycles. The van der Waals surface area contributed by atoms with Crippen LogP contribution in [-0.4, -0.2) is 0 Å². The van der Waals surface area contributed by atoms with E-state index in [9.17, 15) is 0 Å². The number of hydrogen-bond acceptors (Lipinski definition) is 0. The Morgan fingerprint density at radius 3 is 1.00 bits per heavy atom. The second kappa shape index (κ2) is 1.63. The summed E-state index contributed by atoms with van der Waals surface area (Å²) in [5.41, 5.74) is 2.55. The summed E-state index contributed by atoms with van der Waals surface area (Å²) in [6, 6.07) is 0. The molecule has 0 nitrogen and oxygen atoms in total. The van der Waals surface area contributed by atoms with Gasteiger partial charge in [0.05, 0.1) is 0 Å². The van der Waals surface area contributed by atoms with Gasteiger partial charge in [0, 0.05) is 0 Å². The van der Waals surface area contributed by atoms with E-state index in [4.69, 9.17) is 0 Å². The van der Waals surface area contributed by atoms with Gasteiger partial charge >= 0.3 is 0 Å². The summed E-state index contributed by atoms with van der Waals surface area (Å²) in [7, 11) is 0. The van der Waals surface area contributed by atoms with Gasteiger partial charge in [0.15, 0.2) is 0 Å². The molecule has 2 saturated carbocycles. The third kappa shape index (κ3) is 0.661. The van der Waals surface area contributed by atoms with Crippen molar-refractivity contribution in [2.45, 2.75) is 54.4 Å². The zero-order valence-corrected chi connectivity index (χ0v) is 9.41. The van der Waals surface area contributed by atoms with Gasteiger partial charge in [-0.1, -0.05) is 41.5 Å². The second-order valence-electron chi connectivity index (χ2n) is 7.02. The normalized spacial score (nSPS) is 45.5. The molecule has 0 heterocycles. The summed E-state index contributed by atoms with van der Waals surface area (Å²) in [4.78, 5) is 0. The first kappa shape index (κ1) is 8.59. The Balaban J connectivity index is 2.21. The van der Waals surface area contributed by atoms with Gasteiger partial charge in [0.1, 0.15) is 0 Å². The molecule has 0 bridgehead atoms. The Morgan fingerprint density at radius 2 is 0.917 bits per heavy atom. The highest BCUT2D eigenvalue weighted by atomic mass is 14.9. The highest BCUT2D eigenvalue weighted by molar-refractivity contribution is 5.37. The van der Waals surface area contributed by atoms with Crippen LogP contribution in [0.15, 0.2) is 0 Å². The van der Waals surface area contributed by atoms with E-state index in [-0.39, 0.29) is 0 Å². The zero-order valence-electron chi connectivity index (χ0n) is 9.41.